The summed E-state index contributed by atoms with van der Waals surface area (Å²) in [4.78, 5) is 23.9. The number of fused-ring (bicyclic) bond motifs is 1. The van der Waals surface area contributed by atoms with Gasteiger partial charge in [0, 0.05) is 29.1 Å². The van der Waals surface area contributed by atoms with Crippen molar-refractivity contribution in [3.05, 3.63) is 34.7 Å². The molecule has 1 aliphatic rings. The highest BCUT2D eigenvalue weighted by atomic mass is 35.5. The summed E-state index contributed by atoms with van der Waals surface area (Å²) >= 11 is 7.60. The van der Waals surface area contributed by atoms with Crippen LogP contribution in [-0.4, -0.2) is 53.2 Å². The van der Waals surface area contributed by atoms with E-state index in [1.807, 2.05) is 17.5 Å². The van der Waals surface area contributed by atoms with Gasteiger partial charge in [0.15, 0.2) is 5.82 Å². The van der Waals surface area contributed by atoms with E-state index in [-0.39, 0.29) is 6.04 Å². The molecular weight excluding hydrogens is 402 g/mol. The number of halogens is 1. The van der Waals surface area contributed by atoms with Gasteiger partial charge in [-0.3, -0.25) is 9.59 Å². The summed E-state index contributed by atoms with van der Waals surface area (Å²) in [7, 11) is 1.58. The number of nitrogens with two attached hydrogens (primary N) is 1. The van der Waals surface area contributed by atoms with Gasteiger partial charge < -0.3 is 20.7 Å². The van der Waals surface area contributed by atoms with Gasteiger partial charge in [-0.15, -0.1) is 21.5 Å². The summed E-state index contributed by atoms with van der Waals surface area (Å²) in [5, 5.41) is 15.5. The molecule has 0 saturated carbocycles. The van der Waals surface area contributed by atoms with Crippen LogP contribution in [0, 0.1) is 0 Å². The highest BCUT2D eigenvalue weighted by Gasteiger charge is 2.33. The van der Waals surface area contributed by atoms with Crippen LogP contribution in [0.5, 0.6) is 5.75 Å². The second-order valence-electron chi connectivity index (χ2n) is 6.32. The zero-order valence-corrected chi connectivity index (χ0v) is 16.4. The Kier molecular flexibility index (Phi) is 4.78. The summed E-state index contributed by atoms with van der Waals surface area (Å²) < 4.78 is 6.39. The fourth-order valence-corrected chi connectivity index (χ4v) is 4.12. The van der Waals surface area contributed by atoms with Gasteiger partial charge in [-0.1, -0.05) is 11.6 Å². The van der Waals surface area contributed by atoms with Crippen LogP contribution in [0.4, 0.5) is 5.82 Å². The number of anilines is 1. The maximum absolute atomic E-state index is 11.6. The summed E-state index contributed by atoms with van der Waals surface area (Å²) in [6.45, 7) is 0.784. The maximum Gasteiger partial charge on any atom is 0.311 e. The Morgan fingerprint density at radius 2 is 2.11 bits per heavy atom. The number of carbonyl (C=O) groups is 2. The topological polar surface area (TPSA) is 110 Å². The molecule has 2 amide bonds. The first-order valence-corrected chi connectivity index (χ1v) is 9.66. The molecule has 3 heterocycles. The molecule has 3 aromatic rings. The molecule has 1 aromatic carbocycles. The van der Waals surface area contributed by atoms with Gasteiger partial charge in [0.1, 0.15) is 11.4 Å². The van der Waals surface area contributed by atoms with Crippen LogP contribution in [0.1, 0.15) is 0 Å². The number of amides is 2. The average Bonchev–Trinajstić information content (AvgIpc) is 3.14. The predicted octanol–water partition coefficient (Wildman–Crippen LogP) is 2.13. The summed E-state index contributed by atoms with van der Waals surface area (Å²) in [6, 6.07) is 7.34. The zero-order chi connectivity index (χ0) is 19.8. The smallest absolute Gasteiger partial charge is 0.311 e. The number of hydrogen-bond acceptors (Lipinski definition) is 7. The molecule has 1 fully saturated rings. The minimum atomic E-state index is -0.944. The molecule has 28 heavy (non-hydrogen) atoms. The van der Waals surface area contributed by atoms with Crippen LogP contribution in [0.2, 0.25) is 5.02 Å². The average molecular weight is 418 g/mol. The number of nitrogens with zero attached hydrogens (tertiary/aromatic N) is 3. The number of ether oxygens (including phenoxy) is 1. The van der Waals surface area contributed by atoms with Crippen molar-refractivity contribution in [2.24, 2.45) is 5.73 Å². The third kappa shape index (κ3) is 3.23. The number of thiophene rings is 1. The van der Waals surface area contributed by atoms with Crippen LogP contribution in [0.3, 0.4) is 0 Å². The second kappa shape index (κ2) is 7.25. The second-order valence-corrected chi connectivity index (χ2v) is 7.67. The van der Waals surface area contributed by atoms with E-state index in [4.69, 9.17) is 22.1 Å². The van der Waals surface area contributed by atoms with E-state index in [0.29, 0.717) is 35.4 Å². The van der Waals surface area contributed by atoms with Crippen LogP contribution in [0.15, 0.2) is 29.6 Å². The van der Waals surface area contributed by atoms with Crippen molar-refractivity contribution in [2.45, 2.75) is 6.04 Å². The first-order chi connectivity index (χ1) is 13.5. The van der Waals surface area contributed by atoms with Crippen molar-refractivity contribution in [1.82, 2.24) is 15.1 Å². The highest BCUT2D eigenvalue weighted by molar-refractivity contribution is 7.17. The molecule has 1 saturated heterocycles. The molecule has 0 spiro atoms. The molecule has 3 N–H and O–H groups in total. The van der Waals surface area contributed by atoms with E-state index < -0.39 is 11.8 Å². The van der Waals surface area contributed by atoms with Crippen molar-refractivity contribution in [2.75, 3.05) is 25.5 Å². The normalized spacial score (nSPS) is 14.0. The number of aromatic nitrogens is 2. The summed E-state index contributed by atoms with van der Waals surface area (Å²) in [5.74, 6) is -0.358. The predicted molar refractivity (Wildman–Crippen MR) is 108 cm³/mol. The maximum atomic E-state index is 11.6. The number of nitrogens with one attached hydrogen (secondary N) is 1. The minimum Gasteiger partial charge on any atom is -0.496 e. The van der Waals surface area contributed by atoms with E-state index in [0.717, 1.165) is 15.6 Å². The number of likely N-dealkylation sites (tertiary alicyclic amines) is 1. The number of carbonyl (C=O) groups excluding carboxylic acids is 2. The molecule has 10 heteroatoms. The molecule has 1 aliphatic heterocycles. The van der Waals surface area contributed by atoms with E-state index in [1.165, 1.54) is 4.90 Å². The highest BCUT2D eigenvalue weighted by Crippen LogP contribution is 2.38. The van der Waals surface area contributed by atoms with Crippen LogP contribution in [0.25, 0.3) is 21.3 Å². The van der Waals surface area contributed by atoms with Crippen LogP contribution in [-0.2, 0) is 9.59 Å². The van der Waals surface area contributed by atoms with Gasteiger partial charge in [-0.2, -0.15) is 0 Å². The number of methoxy groups -OCH3 is 1. The first-order valence-electron chi connectivity index (χ1n) is 8.41. The van der Waals surface area contributed by atoms with E-state index in [2.05, 4.69) is 15.5 Å². The number of benzene rings is 1. The van der Waals surface area contributed by atoms with Crippen LogP contribution >= 0.6 is 22.9 Å². The van der Waals surface area contributed by atoms with Gasteiger partial charge >= 0.3 is 11.8 Å². The lowest BCUT2D eigenvalue weighted by molar-refractivity contribution is -0.146. The Morgan fingerprint density at radius 1 is 1.32 bits per heavy atom. The number of rotatable bonds is 4. The SMILES string of the molecule is COc1cc(Cl)ccc1-c1nnc(NC2CN(C(=O)C(N)=O)C2)c2sccc12. The monoisotopic (exact) mass is 417 g/mol. The van der Waals surface area contributed by atoms with E-state index >= 15 is 0 Å². The van der Waals surface area contributed by atoms with Crippen molar-refractivity contribution >= 4 is 50.7 Å². The van der Waals surface area contributed by atoms with E-state index in [9.17, 15) is 9.59 Å². The number of hydrogen-bond donors (Lipinski definition) is 2. The molecule has 4 rings (SSSR count). The van der Waals surface area contributed by atoms with E-state index in [1.54, 1.807) is 30.6 Å². The molecule has 2 aromatic heterocycles. The molecule has 0 atom stereocenters. The Labute approximate surface area is 169 Å². The van der Waals surface area contributed by atoms with Crippen LogP contribution < -0.4 is 15.8 Å². The van der Waals surface area contributed by atoms with Crippen molar-refractivity contribution in [3.8, 4) is 17.0 Å². The molecule has 8 nitrogen and oxygen atoms in total. The standard InChI is InChI=1S/C18H16ClN5O3S/c1-27-13-6-9(19)2-3-11(13)14-12-4-5-28-15(12)17(23-22-14)21-10-7-24(8-10)18(26)16(20)25/h2-6,10H,7-8H2,1H3,(H2,20,25)(H,21,23). The largest absolute Gasteiger partial charge is 0.496 e. The third-order valence-electron chi connectivity index (χ3n) is 4.52. The molecule has 0 radical (unpaired) electrons. The first kappa shape index (κ1) is 18.5. The molecule has 0 aliphatic carbocycles. The Balaban J connectivity index is 1.61. The third-order valence-corrected chi connectivity index (χ3v) is 5.68. The quantitative estimate of drug-likeness (QED) is 0.629. The lowest BCUT2D eigenvalue weighted by atomic mass is 10.1. The molecule has 144 valence electrons. The van der Waals surface area contributed by atoms with Gasteiger partial charge in [0.05, 0.1) is 17.9 Å². The Bertz CT molecular complexity index is 1080. The lowest BCUT2D eigenvalue weighted by Crippen LogP contribution is -2.59. The Morgan fingerprint density at radius 3 is 2.82 bits per heavy atom. The lowest BCUT2D eigenvalue weighted by Gasteiger charge is -2.38. The molecular formula is C18H16ClN5O3S. The van der Waals surface area contributed by atoms with Gasteiger partial charge in [-0.05, 0) is 29.6 Å². The van der Waals surface area contributed by atoms with Gasteiger partial charge in [0.2, 0.25) is 0 Å². The molecule has 0 bridgehead atoms. The fraction of sp³-hybridized carbons (Fsp3) is 0.222. The number of primary amides is 1. The Hall–Kier alpha value is -2.91. The van der Waals surface area contributed by atoms with Gasteiger partial charge in [-0.25, -0.2) is 0 Å². The van der Waals surface area contributed by atoms with Crippen molar-refractivity contribution in [1.29, 1.82) is 0 Å². The van der Waals surface area contributed by atoms with Crippen molar-refractivity contribution < 1.29 is 14.3 Å². The van der Waals surface area contributed by atoms with Gasteiger partial charge in [0.25, 0.3) is 0 Å². The summed E-state index contributed by atoms with van der Waals surface area (Å²) in [5.41, 5.74) is 6.53. The summed E-state index contributed by atoms with van der Waals surface area (Å²) in [6.07, 6.45) is 0. The zero-order valence-electron chi connectivity index (χ0n) is 14.8. The minimum absolute atomic E-state index is 0.0150. The molecule has 0 unspecified atom stereocenters. The van der Waals surface area contributed by atoms with Crippen molar-refractivity contribution in [3.63, 3.8) is 0 Å². The fourth-order valence-electron chi connectivity index (χ4n) is 3.12.